The summed E-state index contributed by atoms with van der Waals surface area (Å²) in [6.45, 7) is 5.86. The molecule has 1 aromatic carbocycles. The van der Waals surface area contributed by atoms with Crippen molar-refractivity contribution in [2.24, 2.45) is 0 Å². The van der Waals surface area contributed by atoms with Gasteiger partial charge in [-0.25, -0.2) is 9.97 Å². The smallest absolute Gasteiger partial charge is 0.262 e. The normalized spacial score (nSPS) is 11.6. The van der Waals surface area contributed by atoms with E-state index in [2.05, 4.69) is 9.97 Å². The van der Waals surface area contributed by atoms with Gasteiger partial charge in [0.15, 0.2) is 5.16 Å². The van der Waals surface area contributed by atoms with E-state index in [0.717, 1.165) is 5.56 Å². The molecule has 0 aliphatic carbocycles. The van der Waals surface area contributed by atoms with Crippen LogP contribution in [0.2, 0.25) is 0 Å². The summed E-state index contributed by atoms with van der Waals surface area (Å²) >= 11 is 1.42. The standard InChI is InChI=1S/C21H20N4O2S/c1-13(2)25-20(27)16-8-4-5-9-17(16)23-21(25)28-12-15-11-18(26)24-10-6-7-14(3)19(24)22-15/h4-11,13H,12H2,1-3H3. The predicted octanol–water partition coefficient (Wildman–Crippen LogP) is 3.59. The van der Waals surface area contributed by atoms with Gasteiger partial charge in [0.25, 0.3) is 11.1 Å². The quantitative estimate of drug-likeness (QED) is 0.392. The van der Waals surface area contributed by atoms with E-state index in [9.17, 15) is 9.59 Å². The monoisotopic (exact) mass is 392 g/mol. The molecule has 0 unspecified atom stereocenters. The highest BCUT2D eigenvalue weighted by molar-refractivity contribution is 7.98. The van der Waals surface area contributed by atoms with Crippen molar-refractivity contribution in [2.45, 2.75) is 37.7 Å². The lowest BCUT2D eigenvalue weighted by Crippen LogP contribution is -2.25. The van der Waals surface area contributed by atoms with Crippen molar-refractivity contribution in [3.63, 3.8) is 0 Å². The van der Waals surface area contributed by atoms with Crippen LogP contribution in [0.3, 0.4) is 0 Å². The Hall–Kier alpha value is -2.93. The first-order valence-corrected chi connectivity index (χ1v) is 10.1. The van der Waals surface area contributed by atoms with Gasteiger partial charge in [-0.05, 0) is 44.5 Å². The molecule has 0 fully saturated rings. The average Bonchev–Trinajstić information content (AvgIpc) is 2.67. The minimum atomic E-state index is -0.114. The van der Waals surface area contributed by atoms with E-state index in [0.29, 0.717) is 33.2 Å². The highest BCUT2D eigenvalue weighted by Gasteiger charge is 2.14. The molecule has 3 heterocycles. The maximum atomic E-state index is 12.9. The molecule has 142 valence electrons. The molecule has 0 saturated carbocycles. The zero-order chi connectivity index (χ0) is 19.8. The SMILES string of the molecule is Cc1cccn2c(=O)cc(CSc3nc4ccccc4c(=O)n3C(C)C)nc12. The Morgan fingerprint density at radius 1 is 1.07 bits per heavy atom. The molecule has 0 N–H and O–H groups in total. The van der Waals surface area contributed by atoms with Gasteiger partial charge in [0.2, 0.25) is 0 Å². The Kier molecular flexibility index (Phi) is 4.77. The molecular formula is C21H20N4O2S. The van der Waals surface area contributed by atoms with E-state index in [4.69, 9.17) is 0 Å². The number of thioether (sulfide) groups is 1. The second kappa shape index (κ2) is 7.24. The molecule has 0 atom stereocenters. The molecule has 0 saturated heterocycles. The number of nitrogens with zero attached hydrogens (tertiary/aromatic N) is 4. The van der Waals surface area contributed by atoms with Gasteiger partial charge in [-0.1, -0.05) is 30.0 Å². The molecule has 28 heavy (non-hydrogen) atoms. The molecule has 7 heteroatoms. The molecule has 6 nitrogen and oxygen atoms in total. The van der Waals surface area contributed by atoms with Crippen molar-refractivity contribution in [1.29, 1.82) is 0 Å². The van der Waals surface area contributed by atoms with E-state index in [-0.39, 0.29) is 17.2 Å². The first-order chi connectivity index (χ1) is 13.5. The number of rotatable bonds is 4. The van der Waals surface area contributed by atoms with Gasteiger partial charge >= 0.3 is 0 Å². The molecular weight excluding hydrogens is 372 g/mol. The molecule has 3 aromatic heterocycles. The number of hydrogen-bond donors (Lipinski definition) is 0. The number of aryl methyl sites for hydroxylation is 1. The van der Waals surface area contributed by atoms with E-state index >= 15 is 0 Å². The fraction of sp³-hybridized carbons (Fsp3) is 0.238. The maximum Gasteiger partial charge on any atom is 0.262 e. The van der Waals surface area contributed by atoms with Crippen LogP contribution in [0.1, 0.15) is 31.1 Å². The fourth-order valence-electron chi connectivity index (χ4n) is 3.20. The average molecular weight is 392 g/mol. The van der Waals surface area contributed by atoms with Crippen molar-refractivity contribution in [2.75, 3.05) is 0 Å². The van der Waals surface area contributed by atoms with Crippen LogP contribution in [-0.2, 0) is 5.75 Å². The van der Waals surface area contributed by atoms with Crippen molar-refractivity contribution in [1.82, 2.24) is 18.9 Å². The molecule has 0 bridgehead atoms. The van der Waals surface area contributed by atoms with Crippen molar-refractivity contribution in [3.05, 3.63) is 80.6 Å². The van der Waals surface area contributed by atoms with Crippen LogP contribution >= 0.6 is 11.8 Å². The number of para-hydroxylation sites is 1. The fourth-order valence-corrected chi connectivity index (χ4v) is 4.22. The maximum absolute atomic E-state index is 12.9. The molecule has 0 radical (unpaired) electrons. The zero-order valence-electron chi connectivity index (χ0n) is 15.9. The number of hydrogen-bond acceptors (Lipinski definition) is 5. The Morgan fingerprint density at radius 2 is 1.86 bits per heavy atom. The summed E-state index contributed by atoms with van der Waals surface area (Å²) in [4.78, 5) is 34.7. The summed E-state index contributed by atoms with van der Waals surface area (Å²) in [6, 6.07) is 12.6. The van der Waals surface area contributed by atoms with Crippen LogP contribution in [0.25, 0.3) is 16.6 Å². The molecule has 0 aliphatic rings. The Bertz CT molecular complexity index is 1310. The van der Waals surface area contributed by atoms with E-state index in [1.54, 1.807) is 21.2 Å². The molecule has 0 spiro atoms. The molecule has 0 aliphatic heterocycles. The number of pyridine rings is 1. The number of aromatic nitrogens is 4. The second-order valence-corrected chi connectivity index (χ2v) is 7.88. The number of fused-ring (bicyclic) bond motifs is 2. The first-order valence-electron chi connectivity index (χ1n) is 9.07. The lowest BCUT2D eigenvalue weighted by atomic mass is 10.2. The van der Waals surface area contributed by atoms with Gasteiger partial charge in [0.05, 0.1) is 16.6 Å². The Morgan fingerprint density at radius 3 is 2.64 bits per heavy atom. The summed E-state index contributed by atoms with van der Waals surface area (Å²) in [6.07, 6.45) is 1.72. The summed E-state index contributed by atoms with van der Waals surface area (Å²) in [7, 11) is 0. The topological polar surface area (TPSA) is 69.3 Å². The van der Waals surface area contributed by atoms with Crippen LogP contribution in [-0.4, -0.2) is 18.9 Å². The molecule has 4 aromatic rings. The zero-order valence-corrected chi connectivity index (χ0v) is 16.7. The minimum absolute atomic E-state index is 0.0236. The predicted molar refractivity (Wildman–Crippen MR) is 112 cm³/mol. The second-order valence-electron chi connectivity index (χ2n) is 6.94. The third kappa shape index (κ3) is 3.22. The summed E-state index contributed by atoms with van der Waals surface area (Å²) in [5.74, 6) is 0.456. The lowest BCUT2D eigenvalue weighted by Gasteiger charge is -2.16. The lowest BCUT2D eigenvalue weighted by molar-refractivity contribution is 0.519. The third-order valence-electron chi connectivity index (χ3n) is 4.58. The van der Waals surface area contributed by atoms with E-state index < -0.39 is 0 Å². The van der Waals surface area contributed by atoms with Gasteiger partial charge in [-0.2, -0.15) is 0 Å². The summed E-state index contributed by atoms with van der Waals surface area (Å²) in [5.41, 5.74) is 2.77. The van der Waals surface area contributed by atoms with Gasteiger partial charge < -0.3 is 0 Å². The Labute approximate surface area is 165 Å². The third-order valence-corrected chi connectivity index (χ3v) is 5.57. The minimum Gasteiger partial charge on any atom is -0.285 e. The highest BCUT2D eigenvalue weighted by atomic mass is 32.2. The van der Waals surface area contributed by atoms with Crippen molar-refractivity contribution < 1.29 is 0 Å². The van der Waals surface area contributed by atoms with Gasteiger partial charge in [0, 0.05) is 24.1 Å². The van der Waals surface area contributed by atoms with Crippen molar-refractivity contribution in [3.8, 4) is 0 Å². The first kappa shape index (κ1) is 18.4. The summed E-state index contributed by atoms with van der Waals surface area (Å²) in [5, 5.41) is 1.24. The van der Waals surface area contributed by atoms with Crippen LogP contribution in [0.5, 0.6) is 0 Å². The van der Waals surface area contributed by atoms with E-state index in [1.807, 2.05) is 51.1 Å². The van der Waals surface area contributed by atoms with Crippen LogP contribution in [0.4, 0.5) is 0 Å². The van der Waals surface area contributed by atoms with Gasteiger partial charge in [-0.15, -0.1) is 0 Å². The van der Waals surface area contributed by atoms with Crippen LogP contribution in [0, 0.1) is 6.92 Å². The Balaban J connectivity index is 1.76. The highest BCUT2D eigenvalue weighted by Crippen LogP contribution is 2.23. The number of benzene rings is 1. The van der Waals surface area contributed by atoms with Crippen LogP contribution in [0.15, 0.2) is 63.4 Å². The summed E-state index contributed by atoms with van der Waals surface area (Å²) < 4.78 is 3.24. The molecule has 0 amide bonds. The van der Waals surface area contributed by atoms with Crippen molar-refractivity contribution >= 4 is 28.3 Å². The van der Waals surface area contributed by atoms with Gasteiger partial charge in [-0.3, -0.25) is 18.6 Å². The molecule has 4 rings (SSSR count). The van der Waals surface area contributed by atoms with Crippen LogP contribution < -0.4 is 11.1 Å². The van der Waals surface area contributed by atoms with Gasteiger partial charge in [0.1, 0.15) is 5.65 Å². The largest absolute Gasteiger partial charge is 0.285 e. The van der Waals surface area contributed by atoms with E-state index in [1.165, 1.54) is 17.8 Å².